The Hall–Kier alpha value is -1.58. The minimum atomic E-state index is -0.0490. The average Bonchev–Trinajstić information content (AvgIpc) is 2.42. The van der Waals surface area contributed by atoms with Gasteiger partial charge in [0.2, 0.25) is 0 Å². The van der Waals surface area contributed by atoms with Crippen LogP contribution in [0.1, 0.15) is 43.5 Å². The summed E-state index contributed by atoms with van der Waals surface area (Å²) in [5.41, 5.74) is 0.621. The molecule has 1 rings (SSSR count). The van der Waals surface area contributed by atoms with Crippen LogP contribution in [0.5, 0.6) is 0 Å². The van der Waals surface area contributed by atoms with Crippen molar-refractivity contribution >= 4 is 11.7 Å². The van der Waals surface area contributed by atoms with Crippen LogP contribution in [0.15, 0.2) is 18.3 Å². The molecule has 100 valence electrons. The van der Waals surface area contributed by atoms with Gasteiger partial charge in [-0.1, -0.05) is 20.3 Å². The highest BCUT2D eigenvalue weighted by atomic mass is 16.1. The van der Waals surface area contributed by atoms with Crippen molar-refractivity contribution in [2.24, 2.45) is 0 Å². The van der Waals surface area contributed by atoms with Gasteiger partial charge in [-0.05, 0) is 25.0 Å². The number of hydrogen-bond donors (Lipinski definition) is 1. The largest absolute Gasteiger partial charge is 0.360 e. The van der Waals surface area contributed by atoms with Gasteiger partial charge in [0.15, 0.2) is 0 Å². The molecule has 1 amide bonds. The first-order valence-corrected chi connectivity index (χ1v) is 6.64. The van der Waals surface area contributed by atoms with E-state index in [9.17, 15) is 4.79 Å². The van der Waals surface area contributed by atoms with E-state index < -0.39 is 0 Å². The number of rotatable bonds is 7. The molecule has 18 heavy (non-hydrogen) atoms. The predicted molar refractivity (Wildman–Crippen MR) is 75.0 cm³/mol. The minimum Gasteiger partial charge on any atom is -0.360 e. The number of nitrogens with one attached hydrogen (secondary N) is 1. The van der Waals surface area contributed by atoms with Crippen LogP contribution in [-0.4, -0.2) is 31.0 Å². The first-order valence-electron chi connectivity index (χ1n) is 6.64. The van der Waals surface area contributed by atoms with Gasteiger partial charge in [0.1, 0.15) is 5.82 Å². The van der Waals surface area contributed by atoms with Crippen LogP contribution in [0.25, 0.3) is 0 Å². The maximum atomic E-state index is 11.7. The smallest absolute Gasteiger partial charge is 0.252 e. The predicted octanol–water partition coefficient (Wildman–Crippen LogP) is 2.46. The van der Waals surface area contributed by atoms with Crippen molar-refractivity contribution in [3.05, 3.63) is 23.9 Å². The first-order chi connectivity index (χ1) is 8.69. The SMILES string of the molecule is CCCCN(C)c1ccc(C(=O)NCCC)cn1. The Morgan fingerprint density at radius 2 is 2.11 bits per heavy atom. The maximum Gasteiger partial charge on any atom is 0.252 e. The number of aromatic nitrogens is 1. The normalized spacial score (nSPS) is 10.2. The molecule has 0 aromatic carbocycles. The summed E-state index contributed by atoms with van der Waals surface area (Å²) in [4.78, 5) is 18.1. The number of unbranched alkanes of at least 4 members (excludes halogenated alkanes) is 1. The quantitative estimate of drug-likeness (QED) is 0.807. The second-order valence-corrected chi connectivity index (χ2v) is 4.44. The lowest BCUT2D eigenvalue weighted by Crippen LogP contribution is -2.24. The second kappa shape index (κ2) is 7.69. The molecule has 0 aliphatic heterocycles. The van der Waals surface area contributed by atoms with E-state index in [4.69, 9.17) is 0 Å². The van der Waals surface area contributed by atoms with E-state index in [1.807, 2.05) is 26.1 Å². The molecule has 1 N–H and O–H groups in total. The Morgan fingerprint density at radius 3 is 2.67 bits per heavy atom. The van der Waals surface area contributed by atoms with Gasteiger partial charge in [-0.3, -0.25) is 4.79 Å². The monoisotopic (exact) mass is 249 g/mol. The first kappa shape index (κ1) is 14.5. The van der Waals surface area contributed by atoms with Crippen LogP contribution < -0.4 is 10.2 Å². The number of anilines is 1. The van der Waals surface area contributed by atoms with Crippen molar-refractivity contribution in [2.45, 2.75) is 33.1 Å². The van der Waals surface area contributed by atoms with Gasteiger partial charge in [-0.2, -0.15) is 0 Å². The molecule has 0 saturated heterocycles. The maximum absolute atomic E-state index is 11.7. The van der Waals surface area contributed by atoms with E-state index in [-0.39, 0.29) is 5.91 Å². The van der Waals surface area contributed by atoms with Crippen LogP contribution in [0, 0.1) is 0 Å². The molecular formula is C14H23N3O. The summed E-state index contributed by atoms with van der Waals surface area (Å²) in [6.45, 7) is 5.90. The zero-order valence-corrected chi connectivity index (χ0v) is 11.6. The van der Waals surface area contributed by atoms with Gasteiger partial charge in [0.25, 0.3) is 5.91 Å². The van der Waals surface area contributed by atoms with E-state index in [1.54, 1.807) is 6.20 Å². The summed E-state index contributed by atoms with van der Waals surface area (Å²) in [7, 11) is 2.02. The number of carbonyl (C=O) groups is 1. The molecule has 1 aromatic heterocycles. The number of nitrogens with zero attached hydrogens (tertiary/aromatic N) is 2. The van der Waals surface area contributed by atoms with Crippen LogP contribution in [0.3, 0.4) is 0 Å². The lowest BCUT2D eigenvalue weighted by Gasteiger charge is -2.17. The van der Waals surface area contributed by atoms with Crippen LogP contribution >= 0.6 is 0 Å². The van der Waals surface area contributed by atoms with Crippen LogP contribution in [-0.2, 0) is 0 Å². The Bertz CT molecular complexity index is 362. The molecule has 0 aliphatic carbocycles. The molecule has 0 saturated carbocycles. The highest BCUT2D eigenvalue weighted by Crippen LogP contribution is 2.10. The van der Waals surface area contributed by atoms with Crippen molar-refractivity contribution in [1.82, 2.24) is 10.3 Å². The third-order valence-electron chi connectivity index (χ3n) is 2.78. The average molecular weight is 249 g/mol. The fraction of sp³-hybridized carbons (Fsp3) is 0.571. The molecule has 0 aliphatic rings. The molecule has 1 aromatic rings. The Balaban J connectivity index is 2.59. The molecule has 0 fully saturated rings. The summed E-state index contributed by atoms with van der Waals surface area (Å²) in [6.07, 6.45) is 4.90. The van der Waals surface area contributed by atoms with Crippen LogP contribution in [0.4, 0.5) is 5.82 Å². The number of amides is 1. The number of carbonyl (C=O) groups excluding carboxylic acids is 1. The third kappa shape index (κ3) is 4.35. The summed E-state index contributed by atoms with van der Waals surface area (Å²) < 4.78 is 0. The van der Waals surface area contributed by atoms with Gasteiger partial charge in [0, 0.05) is 26.3 Å². The number of hydrogen-bond acceptors (Lipinski definition) is 3. The van der Waals surface area contributed by atoms with Crippen molar-refractivity contribution in [1.29, 1.82) is 0 Å². The third-order valence-corrected chi connectivity index (χ3v) is 2.78. The van der Waals surface area contributed by atoms with E-state index in [0.717, 1.165) is 25.2 Å². The summed E-state index contributed by atoms with van der Waals surface area (Å²) in [5.74, 6) is 0.864. The van der Waals surface area contributed by atoms with Crippen molar-refractivity contribution in [2.75, 3.05) is 25.0 Å². The molecule has 0 radical (unpaired) electrons. The molecule has 4 heteroatoms. The van der Waals surface area contributed by atoms with E-state index in [2.05, 4.69) is 22.1 Å². The fourth-order valence-corrected chi connectivity index (χ4v) is 1.60. The fourth-order valence-electron chi connectivity index (χ4n) is 1.60. The molecule has 0 bridgehead atoms. The summed E-state index contributed by atoms with van der Waals surface area (Å²) in [6, 6.07) is 3.73. The van der Waals surface area contributed by atoms with E-state index in [0.29, 0.717) is 12.1 Å². The van der Waals surface area contributed by atoms with Crippen molar-refractivity contribution < 1.29 is 4.79 Å². The van der Waals surface area contributed by atoms with E-state index in [1.165, 1.54) is 6.42 Å². The lowest BCUT2D eigenvalue weighted by atomic mass is 10.2. The zero-order valence-electron chi connectivity index (χ0n) is 11.6. The van der Waals surface area contributed by atoms with Crippen molar-refractivity contribution in [3.63, 3.8) is 0 Å². The highest BCUT2D eigenvalue weighted by molar-refractivity contribution is 5.94. The summed E-state index contributed by atoms with van der Waals surface area (Å²) >= 11 is 0. The Morgan fingerprint density at radius 1 is 1.33 bits per heavy atom. The minimum absolute atomic E-state index is 0.0490. The molecule has 0 spiro atoms. The standard InChI is InChI=1S/C14H23N3O/c1-4-6-10-17(3)13-8-7-12(11-16-13)14(18)15-9-5-2/h7-8,11H,4-6,9-10H2,1-3H3,(H,15,18). The highest BCUT2D eigenvalue weighted by Gasteiger charge is 2.06. The Kier molecular flexibility index (Phi) is 6.19. The number of pyridine rings is 1. The molecule has 0 unspecified atom stereocenters. The van der Waals surface area contributed by atoms with Gasteiger partial charge < -0.3 is 10.2 Å². The van der Waals surface area contributed by atoms with E-state index >= 15 is 0 Å². The van der Waals surface area contributed by atoms with Crippen molar-refractivity contribution in [3.8, 4) is 0 Å². The lowest BCUT2D eigenvalue weighted by molar-refractivity contribution is 0.0953. The summed E-state index contributed by atoms with van der Waals surface area (Å²) in [5, 5.41) is 2.84. The topological polar surface area (TPSA) is 45.2 Å². The van der Waals surface area contributed by atoms with Gasteiger partial charge in [0.05, 0.1) is 5.56 Å². The van der Waals surface area contributed by atoms with Gasteiger partial charge in [-0.25, -0.2) is 4.98 Å². The molecular weight excluding hydrogens is 226 g/mol. The second-order valence-electron chi connectivity index (χ2n) is 4.44. The van der Waals surface area contributed by atoms with Gasteiger partial charge in [-0.15, -0.1) is 0 Å². The molecule has 4 nitrogen and oxygen atoms in total. The molecule has 0 atom stereocenters. The van der Waals surface area contributed by atoms with Gasteiger partial charge >= 0.3 is 0 Å². The van der Waals surface area contributed by atoms with Crippen LogP contribution in [0.2, 0.25) is 0 Å². The Labute approximate surface area is 109 Å². The zero-order chi connectivity index (χ0) is 13.4. The molecule has 1 heterocycles.